The molecule has 0 amide bonds. The zero-order chi connectivity index (χ0) is 25.8. The molecule has 0 saturated heterocycles. The van der Waals surface area contributed by atoms with Gasteiger partial charge in [0.25, 0.3) is 0 Å². The molecule has 0 nitrogen and oxygen atoms in total. The summed E-state index contributed by atoms with van der Waals surface area (Å²) in [6.07, 6.45) is 0. The minimum absolute atomic E-state index is 0. The fraction of sp³-hybridized carbons (Fsp3) is 0. The van der Waals surface area contributed by atoms with Gasteiger partial charge < -0.3 is 0 Å². The maximum atomic E-state index is 2.23. The van der Waals surface area contributed by atoms with E-state index < -0.39 is 15.8 Å². The first-order valence-electron chi connectivity index (χ1n) is 12.8. The Kier molecular flexibility index (Phi) is 11.4. The number of benzene rings is 6. The second kappa shape index (κ2) is 15.4. The van der Waals surface area contributed by atoms with Crippen molar-refractivity contribution >= 4 is 47.7 Å². The Labute approximate surface area is 248 Å². The quantitative estimate of drug-likeness (QED) is 0.183. The molecule has 6 aromatic carbocycles. The van der Waals surface area contributed by atoms with Gasteiger partial charge in [-0.15, -0.1) is 0 Å². The summed E-state index contributed by atoms with van der Waals surface area (Å²) in [5, 5.41) is 8.39. The fourth-order valence-corrected chi connectivity index (χ4v) is 8.97. The van der Waals surface area contributed by atoms with Crippen LogP contribution in [0.4, 0.5) is 0 Å². The van der Waals surface area contributed by atoms with Crippen molar-refractivity contribution < 1.29 is 20.1 Å². The van der Waals surface area contributed by atoms with Crippen LogP contribution in [-0.4, -0.2) is 0 Å². The SMILES string of the molecule is [IrH3].c1ccc(P(c2ccccc2)c2ccccc2)cc1.c1ccc(P(c2ccccc2)c2ccccc2)cc1. The molecule has 0 aliphatic heterocycles. The average molecular weight is 720 g/mol. The summed E-state index contributed by atoms with van der Waals surface area (Å²) in [6, 6.07) is 64.7. The summed E-state index contributed by atoms with van der Waals surface area (Å²) < 4.78 is 0. The van der Waals surface area contributed by atoms with E-state index in [9.17, 15) is 0 Å². The minimum Gasteiger partial charge on any atom is -0.0622 e. The molecule has 0 spiro atoms. The Morgan fingerprint density at radius 1 is 0.205 bits per heavy atom. The van der Waals surface area contributed by atoms with Gasteiger partial charge in [0.05, 0.1) is 0 Å². The predicted molar refractivity (Wildman–Crippen MR) is 174 cm³/mol. The third kappa shape index (κ3) is 7.92. The van der Waals surface area contributed by atoms with Crippen molar-refractivity contribution in [1.82, 2.24) is 0 Å². The molecule has 0 heterocycles. The molecule has 39 heavy (non-hydrogen) atoms. The first-order chi connectivity index (χ1) is 18.9. The van der Waals surface area contributed by atoms with Crippen LogP contribution in [0.15, 0.2) is 182 Å². The van der Waals surface area contributed by atoms with E-state index >= 15 is 0 Å². The van der Waals surface area contributed by atoms with Crippen molar-refractivity contribution in [2.45, 2.75) is 0 Å². The van der Waals surface area contributed by atoms with Crippen molar-refractivity contribution in [2.24, 2.45) is 0 Å². The van der Waals surface area contributed by atoms with E-state index in [1.54, 1.807) is 0 Å². The molecule has 0 fully saturated rings. The average Bonchev–Trinajstić information content (AvgIpc) is 3.01. The van der Waals surface area contributed by atoms with E-state index in [0.717, 1.165) is 0 Å². The van der Waals surface area contributed by atoms with Crippen LogP contribution in [0.1, 0.15) is 0 Å². The van der Waals surface area contributed by atoms with Crippen molar-refractivity contribution in [3.63, 3.8) is 0 Å². The van der Waals surface area contributed by atoms with Gasteiger partial charge in [-0.05, 0) is 47.7 Å². The van der Waals surface area contributed by atoms with Gasteiger partial charge in [0.2, 0.25) is 0 Å². The molecular formula is C36H33IrP2. The molecule has 0 aliphatic carbocycles. The van der Waals surface area contributed by atoms with Gasteiger partial charge in [0, 0.05) is 0 Å². The van der Waals surface area contributed by atoms with E-state index in [-0.39, 0.29) is 20.1 Å². The van der Waals surface area contributed by atoms with Gasteiger partial charge in [-0.3, -0.25) is 0 Å². The molecule has 0 unspecified atom stereocenters. The molecule has 0 bridgehead atoms. The molecule has 1 radical (unpaired) electrons. The molecule has 0 atom stereocenters. The summed E-state index contributed by atoms with van der Waals surface area (Å²) in [7, 11) is -0.892. The van der Waals surface area contributed by atoms with Crippen LogP contribution in [0.5, 0.6) is 0 Å². The first kappa shape index (κ1) is 28.8. The Bertz CT molecular complexity index is 1170. The van der Waals surface area contributed by atoms with E-state index in [1.807, 2.05) is 0 Å². The van der Waals surface area contributed by atoms with Crippen molar-refractivity contribution in [3.8, 4) is 0 Å². The third-order valence-electron chi connectivity index (χ3n) is 6.09. The summed E-state index contributed by atoms with van der Waals surface area (Å²) in [5.41, 5.74) is 0. The minimum atomic E-state index is -0.446. The van der Waals surface area contributed by atoms with Crippen LogP contribution in [0.3, 0.4) is 0 Å². The van der Waals surface area contributed by atoms with Crippen LogP contribution in [0.2, 0.25) is 0 Å². The predicted octanol–water partition coefficient (Wildman–Crippen LogP) is 6.08. The molecule has 0 N–H and O–H groups in total. The molecule has 6 aromatic rings. The van der Waals surface area contributed by atoms with Crippen LogP contribution in [0, 0.1) is 0 Å². The largest absolute Gasteiger partial charge is 0.0622 e. The second-order valence-electron chi connectivity index (χ2n) is 8.68. The Balaban J connectivity index is 0.000000176. The van der Waals surface area contributed by atoms with Gasteiger partial charge in [0.1, 0.15) is 0 Å². The van der Waals surface area contributed by atoms with E-state index in [0.29, 0.717) is 0 Å². The fourth-order valence-electron chi connectivity index (χ4n) is 4.36. The monoisotopic (exact) mass is 720 g/mol. The number of rotatable bonds is 6. The summed E-state index contributed by atoms with van der Waals surface area (Å²) in [5.74, 6) is 0. The third-order valence-corrected chi connectivity index (χ3v) is 11.0. The van der Waals surface area contributed by atoms with Crippen LogP contribution in [0.25, 0.3) is 0 Å². The van der Waals surface area contributed by atoms with E-state index in [4.69, 9.17) is 0 Å². The Morgan fingerprint density at radius 3 is 0.462 bits per heavy atom. The van der Waals surface area contributed by atoms with Crippen molar-refractivity contribution in [3.05, 3.63) is 182 Å². The van der Waals surface area contributed by atoms with Gasteiger partial charge in [-0.1, -0.05) is 182 Å². The summed E-state index contributed by atoms with van der Waals surface area (Å²) in [6.45, 7) is 0. The topological polar surface area (TPSA) is 0 Å². The van der Waals surface area contributed by atoms with Crippen LogP contribution >= 0.6 is 15.8 Å². The maximum Gasteiger partial charge on any atom is -0.0134 e. The van der Waals surface area contributed by atoms with Crippen LogP contribution in [-0.2, 0) is 20.1 Å². The van der Waals surface area contributed by atoms with Gasteiger partial charge in [0.15, 0.2) is 0 Å². The van der Waals surface area contributed by atoms with Crippen molar-refractivity contribution in [1.29, 1.82) is 0 Å². The normalized spacial score (nSPS) is 10.3. The smallest absolute Gasteiger partial charge is 0.0134 e. The molecule has 196 valence electrons. The number of hydrogen-bond donors (Lipinski definition) is 0. The molecular weight excluding hydrogens is 687 g/mol. The van der Waals surface area contributed by atoms with E-state index in [2.05, 4.69) is 182 Å². The zero-order valence-corrected chi connectivity index (χ0v) is 26.3. The Hall–Kier alpha value is -3.17. The van der Waals surface area contributed by atoms with Crippen molar-refractivity contribution in [2.75, 3.05) is 0 Å². The molecule has 0 aromatic heterocycles. The van der Waals surface area contributed by atoms with Gasteiger partial charge >= 0.3 is 20.1 Å². The van der Waals surface area contributed by atoms with Crippen LogP contribution < -0.4 is 31.8 Å². The first-order valence-corrected chi connectivity index (χ1v) is 15.5. The standard InChI is InChI=1S/2C18H15P.Ir.3H/c2*1-4-10-16(11-5-1)19(17-12-6-2-7-13-17)18-14-8-3-9-15-18;;;;/h2*1-15H;;;;. The zero-order valence-electron chi connectivity index (χ0n) is 21.6. The summed E-state index contributed by atoms with van der Waals surface area (Å²) >= 11 is 0. The maximum absolute atomic E-state index is 2.23. The number of hydrogen-bond acceptors (Lipinski definition) is 0. The molecule has 3 heteroatoms. The van der Waals surface area contributed by atoms with E-state index in [1.165, 1.54) is 31.8 Å². The summed E-state index contributed by atoms with van der Waals surface area (Å²) in [4.78, 5) is 0. The molecule has 6 rings (SSSR count). The molecule has 0 saturated carbocycles. The van der Waals surface area contributed by atoms with Gasteiger partial charge in [-0.25, -0.2) is 0 Å². The Morgan fingerprint density at radius 2 is 0.333 bits per heavy atom. The second-order valence-corrected chi connectivity index (χ2v) is 13.1. The van der Waals surface area contributed by atoms with Gasteiger partial charge in [-0.2, -0.15) is 0 Å². The molecule has 0 aliphatic rings.